The fourth-order valence-corrected chi connectivity index (χ4v) is 3.30. The molecule has 4 heteroatoms. The lowest BCUT2D eigenvalue weighted by Crippen LogP contribution is -2.42. The Morgan fingerprint density at radius 2 is 2.05 bits per heavy atom. The monoisotopic (exact) mass is 273 g/mol. The molecule has 2 heterocycles. The number of piperidine rings is 1. The van der Waals surface area contributed by atoms with Crippen LogP contribution in [0.3, 0.4) is 0 Å². The number of benzene rings is 1. The Kier molecular flexibility index (Phi) is 3.57. The van der Waals surface area contributed by atoms with Crippen molar-refractivity contribution in [2.24, 2.45) is 0 Å². The van der Waals surface area contributed by atoms with Crippen molar-refractivity contribution in [3.63, 3.8) is 0 Å². The van der Waals surface area contributed by atoms with Crippen LogP contribution in [0.15, 0.2) is 24.3 Å². The van der Waals surface area contributed by atoms with Crippen LogP contribution in [-0.4, -0.2) is 35.8 Å². The molecule has 0 unspecified atom stereocenters. The third-order valence-corrected chi connectivity index (χ3v) is 4.29. The lowest BCUT2D eigenvalue weighted by atomic mass is 9.86. The molecule has 0 bridgehead atoms. The fourth-order valence-electron chi connectivity index (χ4n) is 3.30. The van der Waals surface area contributed by atoms with Gasteiger partial charge >= 0.3 is 5.97 Å². The lowest BCUT2D eigenvalue weighted by molar-refractivity contribution is -0.132. The highest BCUT2D eigenvalue weighted by atomic mass is 16.5. The number of fused-ring (bicyclic) bond motifs is 1. The molecule has 2 aliphatic heterocycles. The number of carbonyl (C=O) groups is 2. The molecular formula is C16H19NO3. The van der Waals surface area contributed by atoms with Crippen molar-refractivity contribution in [2.75, 3.05) is 13.1 Å². The van der Waals surface area contributed by atoms with Crippen molar-refractivity contribution >= 4 is 11.8 Å². The van der Waals surface area contributed by atoms with Crippen LogP contribution in [-0.2, 0) is 9.59 Å². The number of Topliss-reactive ketones (excluding diaryl/α,β-unsaturated/α-hetero) is 1. The Labute approximate surface area is 118 Å². The van der Waals surface area contributed by atoms with Crippen molar-refractivity contribution in [1.82, 2.24) is 4.90 Å². The zero-order chi connectivity index (χ0) is 14.1. The van der Waals surface area contributed by atoms with E-state index in [0.29, 0.717) is 24.0 Å². The first kappa shape index (κ1) is 13.3. The van der Waals surface area contributed by atoms with E-state index in [9.17, 15) is 9.59 Å². The summed E-state index contributed by atoms with van der Waals surface area (Å²) in [5.41, 5.74) is 1.02. The van der Waals surface area contributed by atoms with Crippen molar-refractivity contribution < 1.29 is 14.3 Å². The minimum Gasteiger partial charge on any atom is -0.427 e. The van der Waals surface area contributed by atoms with Crippen LogP contribution in [0.4, 0.5) is 0 Å². The SMILES string of the molecule is CC(=O)Oc1ccc([C@H]2CN3CCC[C@@H]3CC2=O)cc1. The molecule has 0 aromatic heterocycles. The van der Waals surface area contributed by atoms with Crippen LogP contribution in [0.1, 0.15) is 37.7 Å². The topological polar surface area (TPSA) is 46.6 Å². The quantitative estimate of drug-likeness (QED) is 0.612. The van der Waals surface area contributed by atoms with Gasteiger partial charge < -0.3 is 4.74 Å². The highest BCUT2D eigenvalue weighted by molar-refractivity contribution is 5.87. The summed E-state index contributed by atoms with van der Waals surface area (Å²) in [4.78, 5) is 25.6. The first-order chi connectivity index (χ1) is 9.63. The van der Waals surface area contributed by atoms with E-state index in [2.05, 4.69) is 4.90 Å². The second-order valence-electron chi connectivity index (χ2n) is 5.68. The van der Waals surface area contributed by atoms with Gasteiger partial charge in [0.25, 0.3) is 0 Å². The van der Waals surface area contributed by atoms with Gasteiger partial charge in [-0.05, 0) is 37.1 Å². The molecule has 0 amide bonds. The van der Waals surface area contributed by atoms with Crippen LogP contribution >= 0.6 is 0 Å². The molecule has 4 nitrogen and oxygen atoms in total. The van der Waals surface area contributed by atoms with E-state index >= 15 is 0 Å². The molecule has 2 aliphatic rings. The highest BCUT2D eigenvalue weighted by Crippen LogP contribution is 2.33. The molecule has 0 N–H and O–H groups in total. The van der Waals surface area contributed by atoms with Gasteiger partial charge in [0.1, 0.15) is 11.5 Å². The zero-order valence-electron chi connectivity index (χ0n) is 11.7. The maximum Gasteiger partial charge on any atom is 0.308 e. The number of ether oxygens (including phenoxy) is 1. The summed E-state index contributed by atoms with van der Waals surface area (Å²) in [5, 5.41) is 0. The Bertz CT molecular complexity index is 523. The van der Waals surface area contributed by atoms with Crippen LogP contribution in [0.2, 0.25) is 0 Å². The van der Waals surface area contributed by atoms with Crippen molar-refractivity contribution in [1.29, 1.82) is 0 Å². The lowest BCUT2D eigenvalue weighted by Gasteiger charge is -2.34. The Morgan fingerprint density at radius 1 is 1.30 bits per heavy atom. The van der Waals surface area contributed by atoms with Crippen molar-refractivity contribution in [3.8, 4) is 5.75 Å². The Hall–Kier alpha value is -1.68. The van der Waals surface area contributed by atoms with Gasteiger partial charge in [-0.3, -0.25) is 14.5 Å². The standard InChI is InChI=1S/C16H19NO3/c1-11(18)20-14-6-4-12(5-7-14)15-10-17-8-2-3-13(17)9-16(15)19/h4-7,13,15H,2-3,8-10H2,1H3/t13-,15-/m1/s1. The third-order valence-electron chi connectivity index (χ3n) is 4.29. The average molecular weight is 273 g/mol. The Morgan fingerprint density at radius 3 is 2.75 bits per heavy atom. The minimum atomic E-state index is -0.327. The molecule has 2 fully saturated rings. The van der Waals surface area contributed by atoms with Gasteiger partial charge in [0.2, 0.25) is 0 Å². The van der Waals surface area contributed by atoms with E-state index in [-0.39, 0.29) is 11.9 Å². The number of esters is 1. The predicted molar refractivity (Wildman–Crippen MR) is 74.7 cm³/mol. The number of hydrogen-bond donors (Lipinski definition) is 0. The van der Waals surface area contributed by atoms with Crippen molar-refractivity contribution in [2.45, 2.75) is 38.1 Å². The van der Waals surface area contributed by atoms with Crippen molar-refractivity contribution in [3.05, 3.63) is 29.8 Å². The molecule has 20 heavy (non-hydrogen) atoms. The maximum absolute atomic E-state index is 12.3. The summed E-state index contributed by atoms with van der Waals surface area (Å²) < 4.78 is 5.02. The summed E-state index contributed by atoms with van der Waals surface area (Å²) in [5.74, 6) is 0.513. The second-order valence-corrected chi connectivity index (χ2v) is 5.68. The van der Waals surface area contributed by atoms with Crippen LogP contribution < -0.4 is 4.74 Å². The number of hydrogen-bond acceptors (Lipinski definition) is 4. The summed E-state index contributed by atoms with van der Waals surface area (Å²) >= 11 is 0. The van der Waals surface area contributed by atoms with Gasteiger partial charge in [0.05, 0.1) is 5.92 Å². The molecule has 2 saturated heterocycles. The first-order valence-corrected chi connectivity index (χ1v) is 7.18. The molecular weight excluding hydrogens is 254 g/mol. The molecule has 0 radical (unpaired) electrons. The van der Waals surface area contributed by atoms with Gasteiger partial charge in [0, 0.05) is 25.9 Å². The highest BCUT2D eigenvalue weighted by Gasteiger charge is 2.37. The zero-order valence-corrected chi connectivity index (χ0v) is 11.7. The van der Waals surface area contributed by atoms with E-state index in [0.717, 1.165) is 25.1 Å². The van der Waals surface area contributed by atoms with Gasteiger partial charge in [-0.2, -0.15) is 0 Å². The predicted octanol–water partition coefficient (Wildman–Crippen LogP) is 2.13. The molecule has 0 spiro atoms. The molecule has 1 aromatic rings. The summed E-state index contributed by atoms with van der Waals surface area (Å²) in [6.07, 6.45) is 3.04. The van der Waals surface area contributed by atoms with E-state index in [1.807, 2.05) is 12.1 Å². The summed E-state index contributed by atoms with van der Waals surface area (Å²) in [6, 6.07) is 7.80. The Balaban J connectivity index is 1.74. The average Bonchev–Trinajstić information content (AvgIpc) is 2.85. The maximum atomic E-state index is 12.3. The number of rotatable bonds is 2. The number of nitrogens with zero attached hydrogens (tertiary/aromatic N) is 1. The summed E-state index contributed by atoms with van der Waals surface area (Å²) in [6.45, 7) is 3.32. The van der Waals surface area contributed by atoms with E-state index in [4.69, 9.17) is 4.74 Å². The summed E-state index contributed by atoms with van der Waals surface area (Å²) in [7, 11) is 0. The second kappa shape index (κ2) is 5.37. The van der Waals surface area contributed by atoms with Gasteiger partial charge in [-0.1, -0.05) is 12.1 Å². The molecule has 106 valence electrons. The minimum absolute atomic E-state index is 0.0317. The van der Waals surface area contributed by atoms with Crippen LogP contribution in [0.5, 0.6) is 5.75 Å². The largest absolute Gasteiger partial charge is 0.427 e. The number of carbonyl (C=O) groups excluding carboxylic acids is 2. The molecule has 2 atom stereocenters. The fraction of sp³-hybridized carbons (Fsp3) is 0.500. The molecule has 0 saturated carbocycles. The van der Waals surface area contributed by atoms with E-state index in [1.165, 1.54) is 13.3 Å². The molecule has 3 rings (SSSR count). The molecule has 0 aliphatic carbocycles. The normalized spacial score (nSPS) is 26.4. The first-order valence-electron chi connectivity index (χ1n) is 7.18. The van der Waals surface area contributed by atoms with E-state index in [1.54, 1.807) is 12.1 Å². The smallest absolute Gasteiger partial charge is 0.308 e. The van der Waals surface area contributed by atoms with Gasteiger partial charge in [0.15, 0.2) is 0 Å². The van der Waals surface area contributed by atoms with Crippen LogP contribution in [0, 0.1) is 0 Å². The van der Waals surface area contributed by atoms with Crippen LogP contribution in [0.25, 0.3) is 0 Å². The molecule has 1 aromatic carbocycles. The van der Waals surface area contributed by atoms with Gasteiger partial charge in [-0.15, -0.1) is 0 Å². The number of ketones is 1. The van der Waals surface area contributed by atoms with Gasteiger partial charge in [-0.25, -0.2) is 0 Å². The third kappa shape index (κ3) is 2.61. The van der Waals surface area contributed by atoms with E-state index < -0.39 is 0 Å².